The van der Waals surface area contributed by atoms with Crippen LogP contribution in [0.2, 0.25) is 0 Å². The summed E-state index contributed by atoms with van der Waals surface area (Å²) in [5.41, 5.74) is 0.318. The third-order valence-electron chi connectivity index (χ3n) is 5.01. The zero-order valence-corrected chi connectivity index (χ0v) is 16.0. The summed E-state index contributed by atoms with van der Waals surface area (Å²) in [5, 5.41) is 31.4. The third-order valence-corrected chi connectivity index (χ3v) is 5.01. The normalized spacial score (nSPS) is 17.8. The number of carbonyl (C=O) groups is 2. The largest absolute Gasteiger partial charge is 0.508 e. The number of likely N-dealkylation sites (tertiary alicyclic amines) is 1. The van der Waals surface area contributed by atoms with Crippen LogP contribution in [-0.2, 0) is 16.1 Å². The predicted molar refractivity (Wildman–Crippen MR) is 108 cm³/mol. The highest BCUT2D eigenvalue weighted by molar-refractivity contribution is 6.46. The van der Waals surface area contributed by atoms with Gasteiger partial charge in [-0.3, -0.25) is 19.7 Å². The molecule has 2 heterocycles. The fraction of sp³-hybridized carbons (Fsp3) is 0.0909. The van der Waals surface area contributed by atoms with Gasteiger partial charge in [0.05, 0.1) is 29.3 Å². The van der Waals surface area contributed by atoms with E-state index < -0.39 is 28.4 Å². The van der Waals surface area contributed by atoms with Crippen LogP contribution in [0.4, 0.5) is 5.69 Å². The Labute approximate surface area is 175 Å². The van der Waals surface area contributed by atoms with Gasteiger partial charge < -0.3 is 19.5 Å². The lowest BCUT2D eigenvalue weighted by molar-refractivity contribution is -0.384. The third kappa shape index (κ3) is 3.64. The zero-order valence-electron chi connectivity index (χ0n) is 16.0. The Kier molecular flexibility index (Phi) is 5.00. The standard InChI is InChI=1S/C22H16N2O7/c25-16-9-5-13(6-10-16)19-18(20(26)14-3-7-15(8-4-14)24(29)30)21(27)22(28)23(19)12-17-2-1-11-31-17/h1-11,19,25-26H,12H2/b20-18-. The molecule has 2 N–H and O–H groups in total. The maximum absolute atomic E-state index is 12.9. The van der Waals surface area contributed by atoms with Gasteiger partial charge in [0.15, 0.2) is 0 Å². The quantitative estimate of drug-likeness (QED) is 0.212. The number of nitrogens with zero attached hydrogens (tertiary/aromatic N) is 2. The van der Waals surface area contributed by atoms with Gasteiger partial charge in [0.1, 0.15) is 17.3 Å². The molecule has 9 heteroatoms. The molecule has 0 bridgehead atoms. The van der Waals surface area contributed by atoms with Gasteiger partial charge in [0.25, 0.3) is 17.4 Å². The Morgan fingerprint density at radius 1 is 1.06 bits per heavy atom. The Morgan fingerprint density at radius 3 is 2.32 bits per heavy atom. The van der Waals surface area contributed by atoms with E-state index in [1.807, 2.05) is 0 Å². The number of rotatable bonds is 5. The van der Waals surface area contributed by atoms with Crippen molar-refractivity contribution in [1.29, 1.82) is 0 Å². The lowest BCUT2D eigenvalue weighted by atomic mass is 9.95. The lowest BCUT2D eigenvalue weighted by Gasteiger charge is -2.24. The number of nitro groups is 1. The van der Waals surface area contributed by atoms with E-state index in [4.69, 9.17) is 4.42 Å². The summed E-state index contributed by atoms with van der Waals surface area (Å²) in [4.78, 5) is 37.3. The van der Waals surface area contributed by atoms with E-state index in [0.29, 0.717) is 11.3 Å². The highest BCUT2D eigenvalue weighted by atomic mass is 16.6. The first-order chi connectivity index (χ1) is 14.9. The van der Waals surface area contributed by atoms with Crippen molar-refractivity contribution in [2.45, 2.75) is 12.6 Å². The summed E-state index contributed by atoms with van der Waals surface area (Å²) in [6.07, 6.45) is 1.44. The number of hydrogen-bond acceptors (Lipinski definition) is 7. The van der Waals surface area contributed by atoms with Gasteiger partial charge >= 0.3 is 0 Å². The first-order valence-corrected chi connectivity index (χ1v) is 9.21. The number of benzene rings is 2. The molecular formula is C22H16N2O7. The van der Waals surface area contributed by atoms with Crippen molar-refractivity contribution in [3.63, 3.8) is 0 Å². The topological polar surface area (TPSA) is 134 Å². The molecule has 1 aliphatic rings. The van der Waals surface area contributed by atoms with Gasteiger partial charge in [0.2, 0.25) is 0 Å². The fourth-order valence-electron chi connectivity index (χ4n) is 3.51. The minimum atomic E-state index is -0.944. The van der Waals surface area contributed by atoms with E-state index >= 15 is 0 Å². The summed E-state index contributed by atoms with van der Waals surface area (Å²) in [5.74, 6) is -1.71. The van der Waals surface area contributed by atoms with Gasteiger partial charge in [-0.1, -0.05) is 12.1 Å². The second-order valence-corrected chi connectivity index (χ2v) is 6.90. The highest BCUT2D eigenvalue weighted by Crippen LogP contribution is 2.40. The monoisotopic (exact) mass is 420 g/mol. The Hall–Kier alpha value is -4.40. The molecule has 0 saturated carbocycles. The number of hydrogen-bond donors (Lipinski definition) is 2. The summed E-state index contributed by atoms with van der Waals surface area (Å²) in [6, 6.07) is 13.3. The maximum atomic E-state index is 12.9. The number of amides is 1. The summed E-state index contributed by atoms with van der Waals surface area (Å²) in [7, 11) is 0. The molecule has 1 aromatic heterocycles. The number of Topliss-reactive ketones (excluding diaryl/α,β-unsaturated/α-hetero) is 1. The molecule has 0 spiro atoms. The molecule has 31 heavy (non-hydrogen) atoms. The van der Waals surface area contributed by atoms with Gasteiger partial charge in [-0.05, 0) is 42.0 Å². The molecule has 1 atom stereocenters. The number of aliphatic hydroxyl groups excluding tert-OH is 1. The molecule has 0 radical (unpaired) electrons. The van der Waals surface area contributed by atoms with Crippen LogP contribution in [0.5, 0.6) is 5.75 Å². The molecule has 4 rings (SSSR count). The van der Waals surface area contributed by atoms with E-state index in [1.165, 1.54) is 47.6 Å². The second-order valence-electron chi connectivity index (χ2n) is 6.90. The Morgan fingerprint density at radius 2 is 1.74 bits per heavy atom. The number of carbonyl (C=O) groups excluding carboxylic acids is 2. The molecule has 2 aromatic carbocycles. The molecule has 156 valence electrons. The number of non-ortho nitro benzene ring substituents is 1. The average molecular weight is 420 g/mol. The minimum absolute atomic E-state index is 0.00195. The number of aliphatic hydroxyl groups is 1. The van der Waals surface area contributed by atoms with Gasteiger partial charge in [-0.2, -0.15) is 0 Å². The minimum Gasteiger partial charge on any atom is -0.508 e. The van der Waals surface area contributed by atoms with Crippen LogP contribution in [0.15, 0.2) is 76.9 Å². The van der Waals surface area contributed by atoms with Crippen molar-refractivity contribution >= 4 is 23.1 Å². The molecule has 0 aliphatic carbocycles. The summed E-state index contributed by atoms with van der Waals surface area (Å²) in [6.45, 7) is -0.0137. The van der Waals surface area contributed by atoms with Crippen molar-refractivity contribution in [2.75, 3.05) is 0 Å². The van der Waals surface area contributed by atoms with Crippen LogP contribution in [0, 0.1) is 10.1 Å². The predicted octanol–water partition coefficient (Wildman–Crippen LogP) is 3.52. The molecular weight excluding hydrogens is 404 g/mol. The molecule has 3 aromatic rings. The Bertz CT molecular complexity index is 1180. The molecule has 1 amide bonds. The maximum Gasteiger partial charge on any atom is 0.296 e. The average Bonchev–Trinajstić information content (AvgIpc) is 3.36. The van der Waals surface area contributed by atoms with Crippen molar-refractivity contribution in [1.82, 2.24) is 4.90 Å². The first-order valence-electron chi connectivity index (χ1n) is 9.21. The molecule has 1 aliphatic heterocycles. The van der Waals surface area contributed by atoms with E-state index in [-0.39, 0.29) is 29.1 Å². The van der Waals surface area contributed by atoms with E-state index in [9.17, 15) is 29.9 Å². The van der Waals surface area contributed by atoms with Crippen LogP contribution in [0.25, 0.3) is 5.76 Å². The number of phenolic OH excluding ortho intramolecular Hbond substituents is 1. The Balaban J connectivity index is 1.84. The van der Waals surface area contributed by atoms with Crippen LogP contribution >= 0.6 is 0 Å². The van der Waals surface area contributed by atoms with E-state index in [0.717, 1.165) is 0 Å². The van der Waals surface area contributed by atoms with Crippen molar-refractivity contribution in [3.8, 4) is 5.75 Å². The SMILES string of the molecule is O=C1C(=O)N(Cc2ccco2)C(c2ccc(O)cc2)/C1=C(/O)c1ccc([N+](=O)[O-])cc1. The van der Waals surface area contributed by atoms with E-state index in [1.54, 1.807) is 24.3 Å². The zero-order chi connectivity index (χ0) is 22.1. The van der Waals surface area contributed by atoms with Crippen LogP contribution < -0.4 is 0 Å². The molecule has 1 saturated heterocycles. The molecule has 9 nitrogen and oxygen atoms in total. The lowest BCUT2D eigenvalue weighted by Crippen LogP contribution is -2.29. The summed E-state index contributed by atoms with van der Waals surface area (Å²) < 4.78 is 5.31. The highest BCUT2D eigenvalue weighted by Gasteiger charge is 2.46. The smallest absolute Gasteiger partial charge is 0.296 e. The fourth-order valence-corrected chi connectivity index (χ4v) is 3.51. The molecule has 1 unspecified atom stereocenters. The number of aromatic hydroxyl groups is 1. The van der Waals surface area contributed by atoms with Crippen LogP contribution in [-0.4, -0.2) is 31.7 Å². The number of phenols is 1. The number of nitro benzene ring substituents is 1. The van der Waals surface area contributed by atoms with Gasteiger partial charge in [0, 0.05) is 17.7 Å². The second kappa shape index (κ2) is 7.79. The van der Waals surface area contributed by atoms with Crippen LogP contribution in [0.1, 0.15) is 22.9 Å². The summed E-state index contributed by atoms with van der Waals surface area (Å²) >= 11 is 0. The van der Waals surface area contributed by atoms with Crippen molar-refractivity contribution in [2.24, 2.45) is 0 Å². The van der Waals surface area contributed by atoms with E-state index in [2.05, 4.69) is 0 Å². The van der Waals surface area contributed by atoms with Crippen molar-refractivity contribution < 1.29 is 29.1 Å². The van der Waals surface area contributed by atoms with Gasteiger partial charge in [-0.25, -0.2) is 0 Å². The van der Waals surface area contributed by atoms with Gasteiger partial charge in [-0.15, -0.1) is 0 Å². The number of ketones is 1. The molecule has 1 fully saturated rings. The van der Waals surface area contributed by atoms with Crippen molar-refractivity contribution in [3.05, 3.63) is 99.5 Å². The number of furan rings is 1. The first kappa shape index (κ1) is 19.9. The van der Waals surface area contributed by atoms with Crippen LogP contribution in [0.3, 0.4) is 0 Å².